The minimum absolute atomic E-state index is 0.0160. The van der Waals surface area contributed by atoms with Gasteiger partial charge in [0, 0.05) is 31.5 Å². The van der Waals surface area contributed by atoms with Gasteiger partial charge in [-0.3, -0.25) is 30.4 Å². The summed E-state index contributed by atoms with van der Waals surface area (Å²) in [5.41, 5.74) is 0.822. The van der Waals surface area contributed by atoms with Gasteiger partial charge in [0.2, 0.25) is 5.91 Å². The average molecular weight is 393 g/mol. The fraction of sp³-hybridized carbons (Fsp3) is 0.529. The number of urea groups is 1. The molecule has 2 N–H and O–H groups in total. The van der Waals surface area contributed by atoms with Crippen molar-refractivity contribution in [1.82, 2.24) is 20.4 Å². The Bertz CT molecular complexity index is 756. The molecule has 0 aromatic heterocycles. The molecule has 3 amide bonds. The van der Waals surface area contributed by atoms with Gasteiger partial charge in [-0.2, -0.15) is 0 Å². The lowest BCUT2D eigenvalue weighted by Crippen LogP contribution is -2.72. The molecule has 4 atom stereocenters. The van der Waals surface area contributed by atoms with E-state index in [1.165, 1.54) is 19.2 Å². The number of carbonyl (C=O) groups is 2. The van der Waals surface area contributed by atoms with Crippen LogP contribution in [0.1, 0.15) is 25.6 Å². The number of imide groups is 1. The third-order valence-corrected chi connectivity index (χ3v) is 6.08. The average Bonchev–Trinajstić information content (AvgIpc) is 2.63. The third kappa shape index (κ3) is 3.64. The summed E-state index contributed by atoms with van der Waals surface area (Å²) >= 11 is 1.63. The summed E-state index contributed by atoms with van der Waals surface area (Å²) < 4.78 is 0. The number of carbonyl (C=O) groups excluding carboxylic acids is 2. The van der Waals surface area contributed by atoms with Crippen molar-refractivity contribution in [2.24, 2.45) is 5.92 Å². The second-order valence-electron chi connectivity index (χ2n) is 6.98. The molecule has 27 heavy (non-hydrogen) atoms. The molecule has 2 aliphatic rings. The van der Waals surface area contributed by atoms with E-state index in [0.717, 1.165) is 10.5 Å². The number of nitro benzene ring substituents is 1. The van der Waals surface area contributed by atoms with Crippen LogP contribution >= 0.6 is 11.8 Å². The van der Waals surface area contributed by atoms with Gasteiger partial charge in [0.25, 0.3) is 5.69 Å². The minimum Gasteiger partial charge on any atom is -0.311 e. The van der Waals surface area contributed by atoms with Crippen LogP contribution in [0, 0.1) is 16.0 Å². The number of benzene rings is 1. The highest BCUT2D eigenvalue weighted by Crippen LogP contribution is 2.35. The predicted octanol–water partition coefficient (Wildman–Crippen LogP) is 1.72. The number of nitro groups is 1. The Balaban J connectivity index is 1.92. The number of hydrogen-bond donors (Lipinski definition) is 2. The number of rotatable bonds is 4. The number of nitrogens with one attached hydrogen (secondary N) is 2. The van der Waals surface area contributed by atoms with Gasteiger partial charge < -0.3 is 4.90 Å². The molecule has 4 unspecified atom stereocenters. The summed E-state index contributed by atoms with van der Waals surface area (Å²) in [4.78, 5) is 38.3. The Labute approximate surface area is 161 Å². The van der Waals surface area contributed by atoms with Crippen LogP contribution in [0.3, 0.4) is 0 Å². The topological polar surface area (TPSA) is 108 Å². The summed E-state index contributed by atoms with van der Waals surface area (Å²) in [6.45, 7) is 4.10. The molecular formula is C17H23N5O4S. The molecule has 9 nitrogen and oxygen atoms in total. The normalized spacial score (nSPS) is 28.5. The van der Waals surface area contributed by atoms with Crippen LogP contribution in [0.2, 0.25) is 0 Å². The van der Waals surface area contributed by atoms with Crippen molar-refractivity contribution in [3.05, 3.63) is 39.9 Å². The number of fused-ring (bicyclic) bond motifs is 1. The molecule has 2 fully saturated rings. The Morgan fingerprint density at radius 1 is 1.15 bits per heavy atom. The van der Waals surface area contributed by atoms with Gasteiger partial charge in [-0.25, -0.2) is 4.79 Å². The van der Waals surface area contributed by atoms with E-state index in [1.54, 1.807) is 35.8 Å². The van der Waals surface area contributed by atoms with Crippen LogP contribution in [0.5, 0.6) is 0 Å². The van der Waals surface area contributed by atoms with E-state index in [-0.39, 0.29) is 34.4 Å². The molecule has 3 rings (SSSR count). The van der Waals surface area contributed by atoms with Crippen molar-refractivity contribution < 1.29 is 14.5 Å². The largest absolute Gasteiger partial charge is 0.327 e. The molecule has 0 radical (unpaired) electrons. The molecular weight excluding hydrogens is 370 g/mol. The SMILES string of the molecule is CC(C)SC1NC(c2ccc([N+](=O)[O-])cc2)NC2C1C(=O)N(C)C(=O)N2C. The van der Waals surface area contributed by atoms with Crippen molar-refractivity contribution in [1.29, 1.82) is 0 Å². The first kappa shape index (κ1) is 19.6. The van der Waals surface area contributed by atoms with E-state index in [1.807, 2.05) is 0 Å². The van der Waals surface area contributed by atoms with Gasteiger partial charge >= 0.3 is 6.03 Å². The van der Waals surface area contributed by atoms with Crippen molar-refractivity contribution in [3.8, 4) is 0 Å². The van der Waals surface area contributed by atoms with E-state index >= 15 is 0 Å². The first-order valence-electron chi connectivity index (χ1n) is 8.67. The van der Waals surface area contributed by atoms with Gasteiger partial charge in [-0.15, -0.1) is 11.8 Å². The summed E-state index contributed by atoms with van der Waals surface area (Å²) in [5, 5.41) is 17.7. The van der Waals surface area contributed by atoms with E-state index < -0.39 is 17.0 Å². The van der Waals surface area contributed by atoms with Crippen LogP contribution in [0.25, 0.3) is 0 Å². The molecule has 2 heterocycles. The molecule has 1 aromatic carbocycles. The third-order valence-electron chi connectivity index (χ3n) is 4.81. The molecule has 1 aromatic rings. The highest BCUT2D eigenvalue weighted by molar-refractivity contribution is 8.00. The Hall–Kier alpha value is -2.17. The van der Waals surface area contributed by atoms with Crippen LogP contribution in [0.4, 0.5) is 10.5 Å². The maximum absolute atomic E-state index is 12.8. The Morgan fingerprint density at radius 3 is 2.33 bits per heavy atom. The first-order valence-corrected chi connectivity index (χ1v) is 9.61. The number of nitrogens with zero attached hydrogens (tertiary/aromatic N) is 3. The minimum atomic E-state index is -0.459. The number of hydrogen-bond acceptors (Lipinski definition) is 7. The van der Waals surface area contributed by atoms with E-state index in [9.17, 15) is 19.7 Å². The zero-order chi connectivity index (χ0) is 19.9. The summed E-state index contributed by atoms with van der Waals surface area (Å²) in [6, 6.07) is 5.90. The summed E-state index contributed by atoms with van der Waals surface area (Å²) in [6.07, 6.45) is -0.798. The molecule has 2 saturated heterocycles. The number of thioether (sulfide) groups is 1. The highest BCUT2D eigenvalue weighted by Gasteiger charge is 2.51. The monoisotopic (exact) mass is 393 g/mol. The van der Waals surface area contributed by atoms with Gasteiger partial charge in [-0.05, 0) is 17.7 Å². The summed E-state index contributed by atoms with van der Waals surface area (Å²) in [5.74, 6) is -0.650. The standard InChI is InChI=1S/C17H23N5O4S/c1-9(2)27-15-12-14(20(3)17(24)21(4)16(12)23)18-13(19-15)10-5-7-11(8-6-10)22(25)26/h5-9,12-15,18-19H,1-4H3. The lowest BCUT2D eigenvalue weighted by molar-refractivity contribution is -0.384. The molecule has 0 bridgehead atoms. The van der Waals surface area contributed by atoms with E-state index in [2.05, 4.69) is 24.5 Å². The lowest BCUT2D eigenvalue weighted by Gasteiger charge is -2.50. The quantitative estimate of drug-likeness (QED) is 0.592. The van der Waals surface area contributed by atoms with Gasteiger partial charge in [0.05, 0.1) is 28.5 Å². The molecule has 10 heteroatoms. The highest BCUT2D eigenvalue weighted by atomic mass is 32.2. The van der Waals surface area contributed by atoms with Crippen LogP contribution < -0.4 is 10.6 Å². The van der Waals surface area contributed by atoms with Crippen molar-refractivity contribution >= 4 is 29.4 Å². The smallest absolute Gasteiger partial charge is 0.311 e. The van der Waals surface area contributed by atoms with Gasteiger partial charge in [0.1, 0.15) is 0 Å². The van der Waals surface area contributed by atoms with Crippen LogP contribution in [-0.4, -0.2) is 57.5 Å². The van der Waals surface area contributed by atoms with Crippen LogP contribution in [0.15, 0.2) is 24.3 Å². The Kier molecular flexibility index (Phi) is 5.41. The van der Waals surface area contributed by atoms with E-state index in [0.29, 0.717) is 0 Å². The first-order chi connectivity index (χ1) is 12.7. The van der Waals surface area contributed by atoms with E-state index in [4.69, 9.17) is 0 Å². The molecule has 0 saturated carbocycles. The molecule has 146 valence electrons. The lowest BCUT2D eigenvalue weighted by atomic mass is 9.96. The van der Waals surface area contributed by atoms with Crippen molar-refractivity contribution in [2.45, 2.75) is 36.8 Å². The van der Waals surface area contributed by atoms with Gasteiger partial charge in [-0.1, -0.05) is 13.8 Å². The zero-order valence-corrected chi connectivity index (χ0v) is 16.4. The van der Waals surface area contributed by atoms with Gasteiger partial charge in [0.15, 0.2) is 0 Å². The molecule has 2 aliphatic heterocycles. The van der Waals surface area contributed by atoms with Crippen LogP contribution in [-0.2, 0) is 4.79 Å². The molecule has 0 spiro atoms. The fourth-order valence-electron chi connectivity index (χ4n) is 3.44. The van der Waals surface area contributed by atoms with Crippen molar-refractivity contribution in [3.63, 3.8) is 0 Å². The zero-order valence-electron chi connectivity index (χ0n) is 15.6. The summed E-state index contributed by atoms with van der Waals surface area (Å²) in [7, 11) is 3.17. The second kappa shape index (κ2) is 7.45. The van der Waals surface area contributed by atoms with Crippen molar-refractivity contribution in [2.75, 3.05) is 14.1 Å². The second-order valence-corrected chi connectivity index (χ2v) is 8.70. The molecule has 0 aliphatic carbocycles. The number of non-ortho nitro benzene ring substituents is 1. The predicted molar refractivity (Wildman–Crippen MR) is 102 cm³/mol. The number of amides is 3. The maximum atomic E-state index is 12.8. The Morgan fingerprint density at radius 2 is 1.78 bits per heavy atom. The maximum Gasteiger partial charge on any atom is 0.327 e. The fourth-order valence-corrected chi connectivity index (χ4v) is 4.68.